The molecule has 0 bridgehead atoms. The SMILES string of the molecule is CCCCCCCC/C=C\CC1C(=O)OC1=O. The molecular formula is C14H22O3. The molecule has 1 rings (SSSR count). The van der Waals surface area contributed by atoms with Crippen LogP contribution in [0.15, 0.2) is 12.2 Å². The average Bonchev–Trinajstić information content (AvgIpc) is 2.31. The van der Waals surface area contributed by atoms with E-state index in [9.17, 15) is 9.59 Å². The monoisotopic (exact) mass is 238 g/mol. The Morgan fingerprint density at radius 2 is 1.65 bits per heavy atom. The largest absolute Gasteiger partial charge is 0.392 e. The Balaban J connectivity index is 1.92. The molecular weight excluding hydrogens is 216 g/mol. The van der Waals surface area contributed by atoms with Gasteiger partial charge in [0.1, 0.15) is 0 Å². The zero-order valence-corrected chi connectivity index (χ0v) is 10.6. The van der Waals surface area contributed by atoms with Crippen molar-refractivity contribution in [2.75, 3.05) is 0 Å². The van der Waals surface area contributed by atoms with Crippen molar-refractivity contribution < 1.29 is 14.3 Å². The number of carbonyl (C=O) groups excluding carboxylic acids is 2. The number of hydrogen-bond donors (Lipinski definition) is 0. The maximum atomic E-state index is 10.8. The fourth-order valence-corrected chi connectivity index (χ4v) is 1.86. The predicted molar refractivity (Wildman–Crippen MR) is 66.3 cm³/mol. The smallest absolute Gasteiger partial charge is 0.328 e. The summed E-state index contributed by atoms with van der Waals surface area (Å²) in [5.41, 5.74) is 0. The van der Waals surface area contributed by atoms with Crippen LogP contribution in [0.3, 0.4) is 0 Å². The summed E-state index contributed by atoms with van der Waals surface area (Å²) < 4.78 is 4.27. The maximum Gasteiger partial charge on any atom is 0.328 e. The first-order valence-corrected chi connectivity index (χ1v) is 6.66. The highest BCUT2D eigenvalue weighted by molar-refractivity contribution is 6.09. The predicted octanol–water partition coefficient (Wildman–Crippen LogP) is 3.38. The molecule has 1 fully saturated rings. The number of esters is 2. The molecule has 0 aliphatic carbocycles. The van der Waals surface area contributed by atoms with E-state index < -0.39 is 5.92 Å². The van der Waals surface area contributed by atoms with Gasteiger partial charge in [-0.1, -0.05) is 51.2 Å². The highest BCUT2D eigenvalue weighted by Crippen LogP contribution is 2.19. The molecule has 0 radical (unpaired) electrons. The fourth-order valence-electron chi connectivity index (χ4n) is 1.86. The third-order valence-corrected chi connectivity index (χ3v) is 3.03. The van der Waals surface area contributed by atoms with Gasteiger partial charge in [0, 0.05) is 0 Å². The van der Waals surface area contributed by atoms with Crippen molar-refractivity contribution in [3.05, 3.63) is 12.2 Å². The molecule has 0 aromatic carbocycles. The third-order valence-electron chi connectivity index (χ3n) is 3.03. The second kappa shape index (κ2) is 8.04. The molecule has 1 aliphatic rings. The van der Waals surface area contributed by atoms with Gasteiger partial charge in [0.15, 0.2) is 5.92 Å². The average molecular weight is 238 g/mol. The minimum Gasteiger partial charge on any atom is -0.392 e. The topological polar surface area (TPSA) is 43.4 Å². The lowest BCUT2D eigenvalue weighted by molar-refractivity contribution is -0.183. The maximum absolute atomic E-state index is 10.8. The van der Waals surface area contributed by atoms with Crippen molar-refractivity contribution in [3.8, 4) is 0 Å². The number of carbonyl (C=O) groups is 2. The van der Waals surface area contributed by atoms with Crippen molar-refractivity contribution in [1.29, 1.82) is 0 Å². The number of ether oxygens (including phenoxy) is 1. The normalized spacial score (nSPS) is 16.3. The van der Waals surface area contributed by atoms with Gasteiger partial charge in [-0.3, -0.25) is 9.59 Å². The first-order valence-electron chi connectivity index (χ1n) is 6.66. The van der Waals surface area contributed by atoms with Crippen LogP contribution >= 0.6 is 0 Å². The molecule has 1 saturated heterocycles. The van der Waals surface area contributed by atoms with Crippen molar-refractivity contribution in [2.24, 2.45) is 5.92 Å². The molecule has 0 amide bonds. The second-order valence-corrected chi connectivity index (χ2v) is 4.56. The van der Waals surface area contributed by atoms with Gasteiger partial charge >= 0.3 is 11.9 Å². The van der Waals surface area contributed by atoms with E-state index in [0.717, 1.165) is 6.42 Å². The molecule has 0 saturated carbocycles. The number of allylic oxidation sites excluding steroid dienone is 2. The number of hydrogen-bond acceptors (Lipinski definition) is 3. The van der Waals surface area contributed by atoms with Gasteiger partial charge in [0.25, 0.3) is 0 Å². The van der Waals surface area contributed by atoms with Crippen LogP contribution in [0.25, 0.3) is 0 Å². The molecule has 0 unspecified atom stereocenters. The molecule has 1 heterocycles. The van der Waals surface area contributed by atoms with Crippen LogP contribution in [0.4, 0.5) is 0 Å². The Kier molecular flexibility index (Phi) is 6.60. The standard InChI is InChI=1S/C14H22O3/c1-2-3-4-5-6-7-8-9-10-11-12-13(15)17-14(12)16/h9-10,12H,2-8,11H2,1H3/b10-9-. The van der Waals surface area contributed by atoms with Crippen molar-refractivity contribution in [2.45, 2.75) is 58.3 Å². The molecule has 0 atom stereocenters. The van der Waals surface area contributed by atoms with E-state index in [2.05, 4.69) is 17.7 Å². The fraction of sp³-hybridized carbons (Fsp3) is 0.714. The van der Waals surface area contributed by atoms with Crippen LogP contribution < -0.4 is 0 Å². The van der Waals surface area contributed by atoms with Crippen LogP contribution in [0.2, 0.25) is 0 Å². The molecule has 1 aliphatic heterocycles. The summed E-state index contributed by atoms with van der Waals surface area (Å²) >= 11 is 0. The first kappa shape index (κ1) is 13.9. The van der Waals surface area contributed by atoms with E-state index in [-0.39, 0.29) is 11.9 Å². The summed E-state index contributed by atoms with van der Waals surface area (Å²) in [6.07, 6.45) is 13.3. The Morgan fingerprint density at radius 3 is 2.29 bits per heavy atom. The van der Waals surface area contributed by atoms with Crippen molar-refractivity contribution in [1.82, 2.24) is 0 Å². The van der Waals surface area contributed by atoms with E-state index >= 15 is 0 Å². The molecule has 3 heteroatoms. The molecule has 0 N–H and O–H groups in total. The van der Waals surface area contributed by atoms with Crippen LogP contribution in [0, 0.1) is 5.92 Å². The second-order valence-electron chi connectivity index (χ2n) is 4.56. The first-order chi connectivity index (χ1) is 8.25. The van der Waals surface area contributed by atoms with Gasteiger partial charge in [-0.2, -0.15) is 0 Å². The summed E-state index contributed by atoms with van der Waals surface area (Å²) in [5.74, 6) is -1.27. The quantitative estimate of drug-likeness (QED) is 0.268. The Bertz CT molecular complexity index is 267. The summed E-state index contributed by atoms with van der Waals surface area (Å²) in [7, 11) is 0. The Hall–Kier alpha value is -1.12. The van der Waals surface area contributed by atoms with E-state index in [1.807, 2.05) is 6.08 Å². The lowest BCUT2D eigenvalue weighted by Crippen LogP contribution is -2.40. The van der Waals surface area contributed by atoms with Crippen LogP contribution in [-0.2, 0) is 14.3 Å². The number of rotatable bonds is 9. The van der Waals surface area contributed by atoms with Gasteiger partial charge in [-0.15, -0.1) is 0 Å². The van der Waals surface area contributed by atoms with Gasteiger partial charge in [-0.05, 0) is 19.3 Å². The van der Waals surface area contributed by atoms with Crippen LogP contribution in [-0.4, -0.2) is 11.9 Å². The van der Waals surface area contributed by atoms with E-state index in [4.69, 9.17) is 0 Å². The molecule has 96 valence electrons. The lowest BCUT2D eigenvalue weighted by Gasteiger charge is -2.19. The van der Waals surface area contributed by atoms with Gasteiger partial charge in [0.05, 0.1) is 0 Å². The van der Waals surface area contributed by atoms with E-state index in [1.165, 1.54) is 38.5 Å². The molecule has 0 aromatic rings. The highest BCUT2D eigenvalue weighted by atomic mass is 16.6. The summed E-state index contributed by atoms with van der Waals surface area (Å²) in [6, 6.07) is 0. The van der Waals surface area contributed by atoms with E-state index in [1.54, 1.807) is 0 Å². The zero-order valence-electron chi connectivity index (χ0n) is 10.6. The molecule has 0 spiro atoms. The summed E-state index contributed by atoms with van der Waals surface area (Å²) in [5, 5.41) is 0. The van der Waals surface area contributed by atoms with Crippen LogP contribution in [0.1, 0.15) is 58.3 Å². The lowest BCUT2D eigenvalue weighted by atomic mass is 10.0. The summed E-state index contributed by atoms with van der Waals surface area (Å²) in [4.78, 5) is 21.7. The molecule has 0 aromatic heterocycles. The number of cyclic esters (lactones) is 2. The molecule has 17 heavy (non-hydrogen) atoms. The number of unbranched alkanes of at least 4 members (excludes halogenated alkanes) is 6. The third kappa shape index (κ3) is 5.16. The van der Waals surface area contributed by atoms with Gasteiger partial charge in [-0.25, -0.2) is 0 Å². The van der Waals surface area contributed by atoms with Gasteiger partial charge in [0.2, 0.25) is 0 Å². The summed E-state index contributed by atoms with van der Waals surface area (Å²) in [6.45, 7) is 2.22. The van der Waals surface area contributed by atoms with Gasteiger partial charge < -0.3 is 4.74 Å². The van der Waals surface area contributed by atoms with Crippen molar-refractivity contribution >= 4 is 11.9 Å². The van der Waals surface area contributed by atoms with Crippen molar-refractivity contribution in [3.63, 3.8) is 0 Å². The van der Waals surface area contributed by atoms with Crippen LogP contribution in [0.5, 0.6) is 0 Å². The Morgan fingerprint density at radius 1 is 1.00 bits per heavy atom. The van der Waals surface area contributed by atoms with E-state index in [0.29, 0.717) is 6.42 Å². The minimum atomic E-state index is -0.518. The highest BCUT2D eigenvalue weighted by Gasteiger charge is 2.40. The Labute approximate surface area is 103 Å². The molecule has 3 nitrogen and oxygen atoms in total. The zero-order chi connectivity index (χ0) is 12.5. The minimum absolute atomic E-state index is 0.376.